The molecule has 0 amide bonds. The van der Waals surface area contributed by atoms with Crippen LogP contribution in [-0.4, -0.2) is 35.2 Å². The van der Waals surface area contributed by atoms with E-state index in [1.54, 1.807) is 14.2 Å². The summed E-state index contributed by atoms with van der Waals surface area (Å²) in [7, 11) is 3.40. The molecule has 0 aliphatic rings. The van der Waals surface area contributed by atoms with Gasteiger partial charge in [-0.05, 0) is 49.9 Å². The summed E-state index contributed by atoms with van der Waals surface area (Å²) >= 11 is 1.44. The Bertz CT molecular complexity index is 590. The molecule has 2 rings (SSSR count). The Morgan fingerprint density at radius 3 is 2.38 bits per heavy atom. The summed E-state index contributed by atoms with van der Waals surface area (Å²) in [6.45, 7) is 3.86. The summed E-state index contributed by atoms with van der Waals surface area (Å²) in [5.41, 5.74) is 0. The Balaban J connectivity index is 2.20. The summed E-state index contributed by atoms with van der Waals surface area (Å²) in [6, 6.07) is 8.02. The van der Waals surface area contributed by atoms with Crippen molar-refractivity contribution in [2.45, 2.75) is 30.0 Å². The van der Waals surface area contributed by atoms with Crippen molar-refractivity contribution < 1.29 is 9.47 Å². The number of benzene rings is 1. The molecule has 0 saturated carbocycles. The Morgan fingerprint density at radius 1 is 1.10 bits per heavy atom. The van der Waals surface area contributed by atoms with Crippen molar-refractivity contribution in [3.63, 3.8) is 0 Å². The van der Waals surface area contributed by atoms with Crippen molar-refractivity contribution in [2.75, 3.05) is 19.5 Å². The van der Waals surface area contributed by atoms with Crippen LogP contribution in [0.2, 0.25) is 0 Å². The molecule has 0 unspecified atom stereocenters. The topological polar surface area (TPSA) is 69.2 Å². The van der Waals surface area contributed by atoms with Crippen LogP contribution >= 0.6 is 11.8 Å². The minimum Gasteiger partial charge on any atom is -0.497 e. The molecule has 1 heterocycles. The number of anilines is 1. The minimum atomic E-state index is 0.0101. The summed E-state index contributed by atoms with van der Waals surface area (Å²) < 4.78 is 10.7. The third kappa shape index (κ3) is 4.49. The van der Waals surface area contributed by atoms with Gasteiger partial charge in [-0.15, -0.1) is 0 Å². The number of aromatic nitrogens is 3. The van der Waals surface area contributed by atoms with E-state index in [2.05, 4.69) is 20.3 Å². The van der Waals surface area contributed by atoms with Crippen LogP contribution in [0, 0.1) is 0 Å². The zero-order chi connectivity index (χ0) is 15.2. The third-order valence-electron chi connectivity index (χ3n) is 2.43. The van der Waals surface area contributed by atoms with Crippen LogP contribution in [0.25, 0.3) is 0 Å². The van der Waals surface area contributed by atoms with E-state index in [0.29, 0.717) is 17.1 Å². The van der Waals surface area contributed by atoms with Crippen molar-refractivity contribution in [3.05, 3.63) is 24.3 Å². The van der Waals surface area contributed by atoms with Gasteiger partial charge in [0.2, 0.25) is 11.1 Å². The smallest absolute Gasteiger partial charge is 0.322 e. The van der Waals surface area contributed by atoms with Crippen LogP contribution in [0.1, 0.15) is 13.8 Å². The molecule has 0 aliphatic carbocycles. The molecule has 1 N–H and O–H groups in total. The van der Waals surface area contributed by atoms with Crippen LogP contribution in [0.4, 0.5) is 5.95 Å². The molecule has 0 radical (unpaired) electrons. The zero-order valence-electron chi connectivity index (χ0n) is 12.5. The van der Waals surface area contributed by atoms with Gasteiger partial charge in [0.15, 0.2) is 0 Å². The third-order valence-corrected chi connectivity index (χ3v) is 3.30. The lowest BCUT2D eigenvalue weighted by Gasteiger charge is -2.10. The first kappa shape index (κ1) is 15.4. The number of nitrogens with zero attached hydrogens (tertiary/aromatic N) is 3. The van der Waals surface area contributed by atoms with Gasteiger partial charge in [-0.2, -0.15) is 15.0 Å². The maximum atomic E-state index is 5.54. The summed E-state index contributed by atoms with van der Waals surface area (Å²) in [5.74, 6) is 1.30. The Morgan fingerprint density at radius 2 is 1.81 bits per heavy atom. The van der Waals surface area contributed by atoms with Crippen LogP contribution in [0.5, 0.6) is 11.8 Å². The van der Waals surface area contributed by atoms with E-state index in [4.69, 9.17) is 9.47 Å². The molecule has 0 spiro atoms. The standard InChI is InChI=1S/C14H18N4O2S/c1-9(2)20-13-16-12(15-3)17-14(18-13)21-11-7-5-10(19-4)6-8-11/h5-9H,1-4H3,(H,15,16,17,18). The molecule has 6 nitrogen and oxygen atoms in total. The second-order valence-corrected chi connectivity index (χ2v) is 5.46. The van der Waals surface area contributed by atoms with E-state index in [-0.39, 0.29) is 6.10 Å². The van der Waals surface area contributed by atoms with Gasteiger partial charge in [-0.25, -0.2) is 0 Å². The first-order chi connectivity index (χ1) is 10.1. The zero-order valence-corrected chi connectivity index (χ0v) is 13.3. The lowest BCUT2D eigenvalue weighted by molar-refractivity contribution is 0.219. The molecule has 1 aromatic carbocycles. The summed E-state index contributed by atoms with van der Waals surface area (Å²) in [4.78, 5) is 13.8. The molecule has 21 heavy (non-hydrogen) atoms. The van der Waals surface area contributed by atoms with E-state index >= 15 is 0 Å². The SMILES string of the molecule is CNc1nc(OC(C)C)nc(Sc2ccc(OC)cc2)n1. The Labute approximate surface area is 128 Å². The van der Waals surface area contributed by atoms with E-state index < -0.39 is 0 Å². The van der Waals surface area contributed by atoms with Gasteiger partial charge in [-0.1, -0.05) is 0 Å². The molecular formula is C14H18N4O2S. The van der Waals surface area contributed by atoms with Crippen molar-refractivity contribution in [1.82, 2.24) is 15.0 Å². The van der Waals surface area contributed by atoms with Gasteiger partial charge < -0.3 is 14.8 Å². The highest BCUT2D eigenvalue weighted by atomic mass is 32.2. The van der Waals surface area contributed by atoms with Gasteiger partial charge in [0.25, 0.3) is 0 Å². The van der Waals surface area contributed by atoms with E-state index in [0.717, 1.165) is 10.6 Å². The average Bonchev–Trinajstić information content (AvgIpc) is 2.47. The highest BCUT2D eigenvalue weighted by Gasteiger charge is 2.09. The number of rotatable bonds is 6. The van der Waals surface area contributed by atoms with Crippen LogP contribution in [0.3, 0.4) is 0 Å². The lowest BCUT2D eigenvalue weighted by Crippen LogP contribution is -2.10. The predicted molar refractivity (Wildman–Crippen MR) is 82.3 cm³/mol. The van der Waals surface area contributed by atoms with Gasteiger partial charge in [0.1, 0.15) is 5.75 Å². The summed E-state index contributed by atoms with van der Waals surface area (Å²) in [6.07, 6.45) is 0.0101. The normalized spacial score (nSPS) is 10.5. The molecular weight excluding hydrogens is 288 g/mol. The Hall–Kier alpha value is -2.02. The van der Waals surface area contributed by atoms with E-state index in [1.165, 1.54) is 11.8 Å². The molecule has 2 aromatic rings. The van der Waals surface area contributed by atoms with E-state index in [1.807, 2.05) is 38.1 Å². The minimum absolute atomic E-state index is 0.0101. The van der Waals surface area contributed by atoms with Crippen LogP contribution in [0.15, 0.2) is 34.3 Å². The first-order valence-corrected chi connectivity index (χ1v) is 7.34. The second kappa shape index (κ2) is 7.12. The number of nitrogens with one attached hydrogen (secondary N) is 1. The van der Waals surface area contributed by atoms with Crippen molar-refractivity contribution >= 4 is 17.7 Å². The summed E-state index contributed by atoms with van der Waals surface area (Å²) in [5, 5.41) is 3.49. The first-order valence-electron chi connectivity index (χ1n) is 6.53. The van der Waals surface area contributed by atoms with Gasteiger partial charge in [-0.3, -0.25) is 0 Å². The monoisotopic (exact) mass is 306 g/mol. The highest BCUT2D eigenvalue weighted by Crippen LogP contribution is 2.28. The molecule has 1 aromatic heterocycles. The molecule has 0 bridgehead atoms. The maximum absolute atomic E-state index is 5.54. The van der Waals surface area contributed by atoms with Crippen molar-refractivity contribution in [3.8, 4) is 11.8 Å². The fourth-order valence-electron chi connectivity index (χ4n) is 1.51. The lowest BCUT2D eigenvalue weighted by atomic mass is 10.3. The Kier molecular flexibility index (Phi) is 5.21. The number of ether oxygens (including phenoxy) is 2. The molecule has 7 heteroatoms. The second-order valence-electron chi connectivity index (χ2n) is 4.42. The van der Waals surface area contributed by atoms with Crippen LogP contribution in [-0.2, 0) is 0 Å². The molecule has 112 valence electrons. The highest BCUT2D eigenvalue weighted by molar-refractivity contribution is 7.99. The van der Waals surface area contributed by atoms with E-state index in [9.17, 15) is 0 Å². The fraction of sp³-hybridized carbons (Fsp3) is 0.357. The molecule has 0 aliphatic heterocycles. The molecule has 0 saturated heterocycles. The maximum Gasteiger partial charge on any atom is 0.322 e. The van der Waals surface area contributed by atoms with Gasteiger partial charge >= 0.3 is 6.01 Å². The quantitative estimate of drug-likeness (QED) is 0.880. The van der Waals surface area contributed by atoms with Gasteiger partial charge in [0, 0.05) is 11.9 Å². The number of hydrogen-bond acceptors (Lipinski definition) is 7. The largest absolute Gasteiger partial charge is 0.497 e. The molecule has 0 atom stereocenters. The number of methoxy groups -OCH3 is 1. The van der Waals surface area contributed by atoms with Crippen LogP contribution < -0.4 is 14.8 Å². The van der Waals surface area contributed by atoms with Crippen molar-refractivity contribution in [2.24, 2.45) is 0 Å². The average molecular weight is 306 g/mol. The number of hydrogen-bond donors (Lipinski definition) is 1. The predicted octanol–water partition coefficient (Wildman–Crippen LogP) is 2.86. The fourth-order valence-corrected chi connectivity index (χ4v) is 2.25. The molecule has 0 fully saturated rings. The van der Waals surface area contributed by atoms with Gasteiger partial charge in [0.05, 0.1) is 13.2 Å². The van der Waals surface area contributed by atoms with Crippen molar-refractivity contribution in [1.29, 1.82) is 0 Å².